The summed E-state index contributed by atoms with van der Waals surface area (Å²) >= 11 is 0. The third kappa shape index (κ3) is 17.7. The molecule has 0 aliphatic heterocycles. The Morgan fingerprint density at radius 1 is 0.879 bits per heavy atom. The first kappa shape index (κ1) is 30.5. The van der Waals surface area contributed by atoms with E-state index in [4.69, 9.17) is 4.74 Å². The van der Waals surface area contributed by atoms with Crippen molar-refractivity contribution in [2.75, 3.05) is 32.8 Å². The maximum atomic E-state index is 12.7. The average Bonchev–Trinajstić information content (AvgIpc) is 2.82. The lowest BCUT2D eigenvalue weighted by Gasteiger charge is -2.22. The molecule has 1 atom stereocenters. The Hall–Kier alpha value is -2.50. The monoisotopic (exact) mass is 466 g/mol. The number of carbonyl (C=O) groups is 2. The molecule has 1 N–H and O–H groups in total. The summed E-state index contributed by atoms with van der Waals surface area (Å²) in [6, 6.07) is -0.433. The predicted molar refractivity (Wildman–Crippen MR) is 128 cm³/mol. The Morgan fingerprint density at radius 2 is 1.48 bits per heavy atom. The van der Waals surface area contributed by atoms with E-state index in [2.05, 4.69) is 29.1 Å². The number of ether oxygens (including phenoxy) is 1. The Morgan fingerprint density at radius 3 is 2.06 bits per heavy atom. The number of nitrogens with one attached hydrogen (secondary N) is 1. The van der Waals surface area contributed by atoms with Gasteiger partial charge in [0.2, 0.25) is 12.2 Å². The number of hydrogen-bond donors (Lipinski definition) is 1. The van der Waals surface area contributed by atoms with E-state index in [1.165, 1.54) is 12.2 Å². The van der Waals surface area contributed by atoms with Crippen molar-refractivity contribution in [2.45, 2.75) is 90.9 Å². The molecule has 33 heavy (non-hydrogen) atoms. The summed E-state index contributed by atoms with van der Waals surface area (Å²) in [5.41, 5.74) is 0. The van der Waals surface area contributed by atoms with E-state index in [0.717, 1.165) is 75.5 Å². The molecule has 0 aromatic carbocycles. The Bertz CT molecular complexity index is 616. The van der Waals surface area contributed by atoms with E-state index in [0.29, 0.717) is 38.6 Å². The Labute approximate surface area is 198 Å². The first-order valence-corrected chi connectivity index (χ1v) is 12.4. The number of rotatable bonds is 20. The van der Waals surface area contributed by atoms with Crippen LogP contribution in [0.5, 0.6) is 0 Å². The Kier molecular flexibility index (Phi) is 21.0. The second-order valence-electron chi connectivity index (χ2n) is 8.15. The van der Waals surface area contributed by atoms with E-state index in [-0.39, 0.29) is 6.54 Å². The average molecular weight is 467 g/mol. The number of unbranched alkanes of at least 4 members (excludes halogenated alkanes) is 7. The standard InChI is InChI=1S/C24H42N4O5/c1-3-5-14-22(4-2)19-33-24(32)28(18-13-9-8-11-16-26-21-30)23(31)27-17-12-7-6-10-15-25-20-29/h22H,3-19H2,1-2H3,(H,27,31). The van der Waals surface area contributed by atoms with Crippen LogP contribution >= 0.6 is 0 Å². The minimum absolute atomic E-state index is 0.289. The van der Waals surface area contributed by atoms with Gasteiger partial charge in [-0.25, -0.2) is 34.1 Å². The third-order valence-corrected chi connectivity index (χ3v) is 5.45. The maximum absolute atomic E-state index is 12.7. The minimum atomic E-state index is -0.597. The number of urea groups is 1. The molecule has 0 aliphatic rings. The van der Waals surface area contributed by atoms with Crippen molar-refractivity contribution in [3.05, 3.63) is 0 Å². The minimum Gasteiger partial charge on any atom is -0.449 e. The van der Waals surface area contributed by atoms with Gasteiger partial charge >= 0.3 is 12.1 Å². The zero-order chi connectivity index (χ0) is 24.6. The second kappa shape index (κ2) is 22.7. The van der Waals surface area contributed by atoms with E-state index in [9.17, 15) is 19.2 Å². The van der Waals surface area contributed by atoms with Gasteiger partial charge in [-0.15, -0.1) is 0 Å². The van der Waals surface area contributed by atoms with Crippen LogP contribution in [0.2, 0.25) is 0 Å². The van der Waals surface area contributed by atoms with Crippen LogP contribution in [0.4, 0.5) is 9.59 Å². The number of carbonyl (C=O) groups excluding carboxylic acids is 4. The maximum Gasteiger partial charge on any atom is 0.417 e. The lowest BCUT2D eigenvalue weighted by molar-refractivity contribution is 0.0916. The van der Waals surface area contributed by atoms with Crippen LogP contribution in [-0.4, -0.2) is 62.0 Å². The molecule has 0 saturated carbocycles. The quantitative estimate of drug-likeness (QED) is 0.151. The smallest absolute Gasteiger partial charge is 0.417 e. The molecular weight excluding hydrogens is 424 g/mol. The summed E-state index contributed by atoms with van der Waals surface area (Å²) in [4.78, 5) is 53.6. The lowest BCUT2D eigenvalue weighted by Crippen LogP contribution is -2.45. The molecule has 188 valence electrons. The Balaban J connectivity index is 4.54. The SMILES string of the molecule is CCCCC(CC)COC(=O)N(CCCCCCN=C=O)C(=O)NCCCCCCN=C=O. The molecule has 0 aromatic rings. The fraction of sp³-hybridized carbons (Fsp3) is 0.833. The number of imide groups is 1. The van der Waals surface area contributed by atoms with Crippen molar-refractivity contribution in [2.24, 2.45) is 15.9 Å². The summed E-state index contributed by atoms with van der Waals surface area (Å²) in [5, 5.41) is 2.81. The molecule has 0 rings (SSSR count). The molecule has 0 fully saturated rings. The van der Waals surface area contributed by atoms with Crippen LogP contribution in [0, 0.1) is 5.92 Å². The highest BCUT2D eigenvalue weighted by Crippen LogP contribution is 2.14. The molecule has 9 nitrogen and oxygen atoms in total. The topological polar surface area (TPSA) is 118 Å². The first-order valence-electron chi connectivity index (χ1n) is 12.4. The van der Waals surface area contributed by atoms with Gasteiger partial charge in [0.25, 0.3) is 0 Å². The van der Waals surface area contributed by atoms with Gasteiger partial charge in [-0.3, -0.25) is 0 Å². The summed E-state index contributed by atoms with van der Waals surface area (Å²) < 4.78 is 5.49. The third-order valence-electron chi connectivity index (χ3n) is 5.45. The van der Waals surface area contributed by atoms with Crippen LogP contribution in [-0.2, 0) is 14.3 Å². The summed E-state index contributed by atoms with van der Waals surface area (Å²) in [6.45, 7) is 6.23. The molecule has 0 saturated heterocycles. The molecule has 1 unspecified atom stereocenters. The van der Waals surface area contributed by atoms with Gasteiger partial charge in [0, 0.05) is 13.1 Å². The van der Waals surface area contributed by atoms with Gasteiger partial charge in [0.15, 0.2) is 0 Å². The van der Waals surface area contributed by atoms with Crippen molar-refractivity contribution in [1.29, 1.82) is 0 Å². The van der Waals surface area contributed by atoms with Crippen LogP contribution in [0.1, 0.15) is 90.9 Å². The van der Waals surface area contributed by atoms with Crippen molar-refractivity contribution < 1.29 is 23.9 Å². The molecule has 0 aromatic heterocycles. The van der Waals surface area contributed by atoms with Gasteiger partial charge in [0.05, 0.1) is 19.7 Å². The fourth-order valence-corrected chi connectivity index (χ4v) is 3.31. The number of isocyanates is 2. The van der Waals surface area contributed by atoms with Crippen LogP contribution in [0.15, 0.2) is 9.98 Å². The number of hydrogen-bond acceptors (Lipinski definition) is 7. The van der Waals surface area contributed by atoms with Gasteiger partial charge < -0.3 is 10.1 Å². The summed E-state index contributed by atoms with van der Waals surface area (Å²) in [5.74, 6) is 0.306. The molecule has 0 bridgehead atoms. The van der Waals surface area contributed by atoms with Crippen molar-refractivity contribution in [3.8, 4) is 0 Å². The normalized spacial score (nSPS) is 11.1. The molecule has 3 amide bonds. The molecule has 0 radical (unpaired) electrons. The predicted octanol–water partition coefficient (Wildman–Crippen LogP) is 5.14. The molecule has 0 heterocycles. The largest absolute Gasteiger partial charge is 0.449 e. The van der Waals surface area contributed by atoms with Gasteiger partial charge in [-0.1, -0.05) is 58.8 Å². The number of nitrogens with zero attached hydrogens (tertiary/aromatic N) is 3. The second-order valence-corrected chi connectivity index (χ2v) is 8.15. The molecule has 9 heteroatoms. The molecule has 0 spiro atoms. The van der Waals surface area contributed by atoms with Crippen LogP contribution in [0.3, 0.4) is 0 Å². The highest BCUT2D eigenvalue weighted by molar-refractivity contribution is 5.90. The fourth-order valence-electron chi connectivity index (χ4n) is 3.31. The van der Waals surface area contributed by atoms with Crippen LogP contribution in [0.25, 0.3) is 0 Å². The van der Waals surface area contributed by atoms with Gasteiger partial charge in [-0.05, 0) is 38.0 Å². The lowest BCUT2D eigenvalue weighted by atomic mass is 10.0. The van der Waals surface area contributed by atoms with E-state index in [1.54, 1.807) is 0 Å². The summed E-state index contributed by atoms with van der Waals surface area (Å²) in [6.07, 6.45) is 13.1. The highest BCUT2D eigenvalue weighted by atomic mass is 16.6. The zero-order valence-electron chi connectivity index (χ0n) is 20.5. The molecule has 0 aliphatic carbocycles. The van der Waals surface area contributed by atoms with Crippen molar-refractivity contribution in [3.63, 3.8) is 0 Å². The van der Waals surface area contributed by atoms with Gasteiger partial charge in [0.1, 0.15) is 0 Å². The number of aliphatic imine (C=N–C) groups is 2. The first-order chi connectivity index (χ1) is 16.1. The van der Waals surface area contributed by atoms with Crippen molar-refractivity contribution >= 4 is 24.3 Å². The highest BCUT2D eigenvalue weighted by Gasteiger charge is 2.23. The van der Waals surface area contributed by atoms with Crippen LogP contribution < -0.4 is 5.32 Å². The van der Waals surface area contributed by atoms with E-state index >= 15 is 0 Å². The van der Waals surface area contributed by atoms with Gasteiger partial charge in [-0.2, -0.15) is 0 Å². The molecular formula is C24H42N4O5. The van der Waals surface area contributed by atoms with E-state index < -0.39 is 12.1 Å². The zero-order valence-corrected chi connectivity index (χ0v) is 20.5. The summed E-state index contributed by atoms with van der Waals surface area (Å²) in [7, 11) is 0. The number of amides is 3. The van der Waals surface area contributed by atoms with E-state index in [1.807, 2.05) is 0 Å². The van der Waals surface area contributed by atoms with Crippen molar-refractivity contribution in [1.82, 2.24) is 10.2 Å².